The second-order valence-corrected chi connectivity index (χ2v) is 6.20. The summed E-state index contributed by atoms with van der Waals surface area (Å²) in [7, 11) is 0. The van der Waals surface area contributed by atoms with Crippen molar-refractivity contribution in [1.82, 2.24) is 24.7 Å². The molecule has 0 bridgehead atoms. The average molecular weight is 378 g/mol. The van der Waals surface area contributed by atoms with Gasteiger partial charge in [0.25, 0.3) is 0 Å². The van der Waals surface area contributed by atoms with Crippen LogP contribution in [0.4, 0.5) is 23.0 Å². The van der Waals surface area contributed by atoms with Crippen molar-refractivity contribution >= 4 is 33.9 Å². The molecule has 0 saturated heterocycles. The number of nitro groups is 1. The number of pyridine rings is 1. The highest BCUT2D eigenvalue weighted by Gasteiger charge is 2.16. The summed E-state index contributed by atoms with van der Waals surface area (Å²) < 4.78 is 1.99. The molecule has 4 rings (SSSR count). The smallest absolute Gasteiger partial charge is 0.311 e. The number of H-pyrrole nitrogens is 1. The van der Waals surface area contributed by atoms with Gasteiger partial charge in [-0.15, -0.1) is 0 Å². The minimum atomic E-state index is -0.450. The molecular formula is C18H18N8O2. The third-order valence-electron chi connectivity index (χ3n) is 4.23. The van der Waals surface area contributed by atoms with Crippen molar-refractivity contribution in [1.29, 1.82) is 0 Å². The van der Waals surface area contributed by atoms with Gasteiger partial charge in [-0.3, -0.25) is 15.2 Å². The van der Waals surface area contributed by atoms with Crippen LogP contribution in [0.2, 0.25) is 0 Å². The predicted molar refractivity (Wildman–Crippen MR) is 106 cm³/mol. The number of rotatable bonds is 8. The quantitative estimate of drug-likeness (QED) is 0.244. The van der Waals surface area contributed by atoms with Crippen molar-refractivity contribution in [3.63, 3.8) is 0 Å². The van der Waals surface area contributed by atoms with E-state index in [1.54, 1.807) is 24.8 Å². The van der Waals surface area contributed by atoms with Crippen LogP contribution in [0.15, 0.2) is 55.2 Å². The molecule has 0 aliphatic heterocycles. The van der Waals surface area contributed by atoms with Crippen molar-refractivity contribution in [2.75, 3.05) is 17.2 Å². The summed E-state index contributed by atoms with van der Waals surface area (Å²) in [6.45, 7) is 1.51. The molecule has 3 heterocycles. The maximum absolute atomic E-state index is 11.4. The monoisotopic (exact) mass is 378 g/mol. The van der Waals surface area contributed by atoms with E-state index >= 15 is 0 Å². The SMILES string of the molecule is O=[N+]([O-])c1ccc(NCCCn2ccnc2)nc1Nc1ccc2[nH]ncc2c1. The minimum Gasteiger partial charge on any atom is -0.370 e. The molecule has 0 amide bonds. The maximum atomic E-state index is 11.4. The molecule has 3 N–H and O–H groups in total. The summed E-state index contributed by atoms with van der Waals surface area (Å²) in [6, 6.07) is 8.59. The molecule has 10 heteroatoms. The molecule has 3 aromatic heterocycles. The topological polar surface area (TPSA) is 127 Å². The van der Waals surface area contributed by atoms with E-state index in [1.807, 2.05) is 29.0 Å². The summed E-state index contributed by atoms with van der Waals surface area (Å²) >= 11 is 0. The Balaban J connectivity index is 1.47. The number of aryl methyl sites for hydroxylation is 1. The Hall–Kier alpha value is -3.95. The molecule has 4 aromatic rings. The Labute approximate surface area is 159 Å². The highest BCUT2D eigenvalue weighted by atomic mass is 16.6. The van der Waals surface area contributed by atoms with Crippen LogP contribution >= 0.6 is 0 Å². The molecule has 1 aromatic carbocycles. The molecule has 0 spiro atoms. The third kappa shape index (κ3) is 3.90. The van der Waals surface area contributed by atoms with Crippen molar-refractivity contribution in [2.24, 2.45) is 0 Å². The van der Waals surface area contributed by atoms with Gasteiger partial charge in [-0.1, -0.05) is 0 Å². The van der Waals surface area contributed by atoms with E-state index in [4.69, 9.17) is 0 Å². The molecule has 0 aliphatic carbocycles. The molecule has 0 aliphatic rings. The summed E-state index contributed by atoms with van der Waals surface area (Å²) in [5, 5.41) is 25.4. The van der Waals surface area contributed by atoms with Crippen molar-refractivity contribution in [3.05, 3.63) is 65.4 Å². The summed E-state index contributed by atoms with van der Waals surface area (Å²) in [5.74, 6) is 0.760. The van der Waals surface area contributed by atoms with Gasteiger partial charge in [0.1, 0.15) is 5.82 Å². The van der Waals surface area contributed by atoms with E-state index in [9.17, 15) is 10.1 Å². The van der Waals surface area contributed by atoms with Crippen LogP contribution in [-0.2, 0) is 6.54 Å². The van der Waals surface area contributed by atoms with Gasteiger partial charge in [0.2, 0.25) is 5.82 Å². The van der Waals surface area contributed by atoms with E-state index in [0.717, 1.165) is 23.9 Å². The number of fused-ring (bicyclic) bond motifs is 1. The summed E-state index contributed by atoms with van der Waals surface area (Å²) in [5.41, 5.74) is 1.50. The zero-order valence-corrected chi connectivity index (χ0v) is 14.9. The second-order valence-electron chi connectivity index (χ2n) is 6.20. The molecule has 0 atom stereocenters. The van der Waals surface area contributed by atoms with Gasteiger partial charge in [0.05, 0.1) is 23.0 Å². The van der Waals surface area contributed by atoms with Gasteiger partial charge in [0.15, 0.2) is 0 Å². The fourth-order valence-electron chi connectivity index (χ4n) is 2.84. The van der Waals surface area contributed by atoms with Gasteiger partial charge in [-0.2, -0.15) is 5.10 Å². The number of aromatic nitrogens is 5. The fourth-order valence-corrected chi connectivity index (χ4v) is 2.84. The number of nitrogens with zero attached hydrogens (tertiary/aromatic N) is 5. The van der Waals surface area contributed by atoms with E-state index in [0.29, 0.717) is 18.1 Å². The molecule has 142 valence electrons. The van der Waals surface area contributed by atoms with Crippen LogP contribution in [-0.4, -0.2) is 36.2 Å². The number of hydrogen-bond donors (Lipinski definition) is 3. The summed E-state index contributed by atoms with van der Waals surface area (Å²) in [6.07, 6.45) is 7.98. The van der Waals surface area contributed by atoms with E-state index in [2.05, 4.69) is 30.8 Å². The molecular weight excluding hydrogens is 360 g/mol. The highest BCUT2D eigenvalue weighted by Crippen LogP contribution is 2.28. The Kier molecular flexibility index (Phi) is 4.83. The highest BCUT2D eigenvalue weighted by molar-refractivity contribution is 5.83. The Bertz CT molecular complexity index is 1090. The zero-order valence-electron chi connectivity index (χ0n) is 14.9. The van der Waals surface area contributed by atoms with Crippen molar-refractivity contribution in [3.8, 4) is 0 Å². The lowest BCUT2D eigenvalue weighted by atomic mass is 10.2. The number of anilines is 3. The first-order valence-corrected chi connectivity index (χ1v) is 8.74. The fraction of sp³-hybridized carbons (Fsp3) is 0.167. The first-order valence-electron chi connectivity index (χ1n) is 8.74. The van der Waals surface area contributed by atoms with Gasteiger partial charge in [-0.25, -0.2) is 9.97 Å². The van der Waals surface area contributed by atoms with E-state index in [1.165, 1.54) is 6.07 Å². The molecule has 28 heavy (non-hydrogen) atoms. The number of imidazole rings is 1. The Morgan fingerprint density at radius 3 is 3.00 bits per heavy atom. The minimum absolute atomic E-state index is 0.0868. The van der Waals surface area contributed by atoms with Gasteiger partial charge >= 0.3 is 5.69 Å². The Morgan fingerprint density at radius 2 is 2.18 bits per heavy atom. The number of benzene rings is 1. The lowest BCUT2D eigenvalue weighted by Gasteiger charge is -2.10. The Morgan fingerprint density at radius 1 is 1.25 bits per heavy atom. The molecule has 0 unspecified atom stereocenters. The first-order chi connectivity index (χ1) is 13.7. The van der Waals surface area contributed by atoms with Crippen LogP contribution in [0, 0.1) is 10.1 Å². The van der Waals surface area contributed by atoms with Crippen LogP contribution in [0.5, 0.6) is 0 Å². The number of hydrogen-bond acceptors (Lipinski definition) is 7. The van der Waals surface area contributed by atoms with Crippen molar-refractivity contribution < 1.29 is 4.92 Å². The number of aromatic amines is 1. The van der Waals surface area contributed by atoms with E-state index < -0.39 is 4.92 Å². The predicted octanol–water partition coefficient (Wildman–Crippen LogP) is 3.31. The van der Waals surface area contributed by atoms with Crippen molar-refractivity contribution in [2.45, 2.75) is 13.0 Å². The van der Waals surface area contributed by atoms with Gasteiger partial charge in [0, 0.05) is 42.6 Å². The normalized spacial score (nSPS) is 10.9. The van der Waals surface area contributed by atoms with Crippen LogP contribution in [0.25, 0.3) is 10.9 Å². The van der Waals surface area contributed by atoms with Crippen LogP contribution in [0.3, 0.4) is 0 Å². The first kappa shape index (κ1) is 17.5. The maximum Gasteiger partial charge on any atom is 0.311 e. The standard InChI is InChI=1S/C18H18N8O2/c27-26(28)16-4-5-17(20-6-1-8-25-9-7-19-12-25)23-18(16)22-14-2-3-15-13(10-14)11-21-24-15/h2-5,7,9-12H,1,6,8H2,(H,21,24)(H2,20,22,23). The molecule has 0 fully saturated rings. The third-order valence-corrected chi connectivity index (χ3v) is 4.23. The molecule has 0 radical (unpaired) electrons. The van der Waals surface area contributed by atoms with Crippen LogP contribution < -0.4 is 10.6 Å². The van der Waals surface area contributed by atoms with Gasteiger partial charge in [-0.05, 0) is 30.7 Å². The molecule has 0 saturated carbocycles. The lowest BCUT2D eigenvalue weighted by Crippen LogP contribution is -2.08. The van der Waals surface area contributed by atoms with Gasteiger partial charge < -0.3 is 15.2 Å². The lowest BCUT2D eigenvalue weighted by molar-refractivity contribution is -0.384. The molecule has 10 nitrogen and oxygen atoms in total. The van der Waals surface area contributed by atoms with E-state index in [-0.39, 0.29) is 11.5 Å². The van der Waals surface area contributed by atoms with Crippen LogP contribution in [0.1, 0.15) is 6.42 Å². The zero-order chi connectivity index (χ0) is 19.3. The second kappa shape index (κ2) is 7.74. The number of nitrogens with one attached hydrogen (secondary N) is 3. The summed E-state index contributed by atoms with van der Waals surface area (Å²) in [4.78, 5) is 19.3. The largest absolute Gasteiger partial charge is 0.370 e. The average Bonchev–Trinajstić information content (AvgIpc) is 3.36.